The van der Waals surface area contributed by atoms with E-state index in [2.05, 4.69) is 0 Å². The molecule has 0 spiro atoms. The minimum Gasteiger partial charge on any atom is -0.496 e. The van der Waals surface area contributed by atoms with Gasteiger partial charge in [-0.25, -0.2) is 0 Å². The first-order valence-electron chi connectivity index (χ1n) is 8.90. The maximum atomic E-state index is 12.9. The molecule has 1 aliphatic heterocycles. The van der Waals surface area contributed by atoms with Gasteiger partial charge in [0, 0.05) is 25.8 Å². The molecule has 2 aromatic carbocycles. The maximum absolute atomic E-state index is 12.9. The highest BCUT2D eigenvalue weighted by Gasteiger charge is 2.20. The number of methoxy groups -OCH3 is 1. The third kappa shape index (κ3) is 4.35. The van der Waals surface area contributed by atoms with Crippen LogP contribution in [-0.4, -0.2) is 44.3 Å². The molecule has 0 bridgehead atoms. The third-order valence-electron chi connectivity index (χ3n) is 4.51. The van der Waals surface area contributed by atoms with Crippen LogP contribution in [0.1, 0.15) is 28.8 Å². The van der Waals surface area contributed by atoms with Crippen LogP contribution in [-0.2, 0) is 11.3 Å². The van der Waals surface area contributed by atoms with Gasteiger partial charge in [0.15, 0.2) is 0 Å². The Morgan fingerprint density at radius 3 is 2.62 bits per heavy atom. The number of rotatable bonds is 7. The molecule has 0 aromatic heterocycles. The van der Waals surface area contributed by atoms with Gasteiger partial charge < -0.3 is 19.1 Å². The summed E-state index contributed by atoms with van der Waals surface area (Å²) in [4.78, 5) is 14.6. The van der Waals surface area contributed by atoms with Crippen molar-refractivity contribution in [3.63, 3.8) is 0 Å². The van der Waals surface area contributed by atoms with E-state index in [9.17, 15) is 4.79 Å². The fraction of sp³-hybridized carbons (Fsp3) is 0.381. The van der Waals surface area contributed by atoms with E-state index in [1.165, 1.54) is 0 Å². The summed E-state index contributed by atoms with van der Waals surface area (Å²) in [7, 11) is 3.42. The van der Waals surface area contributed by atoms with Crippen molar-refractivity contribution in [1.82, 2.24) is 4.90 Å². The maximum Gasteiger partial charge on any atom is 0.257 e. The van der Waals surface area contributed by atoms with Crippen LogP contribution >= 0.6 is 0 Å². The smallest absolute Gasteiger partial charge is 0.257 e. The number of hydrogen-bond acceptors (Lipinski definition) is 4. The van der Waals surface area contributed by atoms with Crippen LogP contribution in [0, 0.1) is 0 Å². The first-order chi connectivity index (χ1) is 12.7. The highest BCUT2D eigenvalue weighted by molar-refractivity contribution is 5.96. The van der Waals surface area contributed by atoms with E-state index in [0.29, 0.717) is 24.5 Å². The molecule has 1 aliphatic rings. The fourth-order valence-electron chi connectivity index (χ4n) is 3.09. The zero-order chi connectivity index (χ0) is 18.4. The summed E-state index contributed by atoms with van der Waals surface area (Å²) in [6.45, 7) is 1.72. The molecule has 2 aromatic rings. The van der Waals surface area contributed by atoms with Crippen LogP contribution in [0.3, 0.4) is 0 Å². The highest BCUT2D eigenvalue weighted by atomic mass is 16.5. The highest BCUT2D eigenvalue weighted by Crippen LogP contribution is 2.24. The van der Waals surface area contributed by atoms with Gasteiger partial charge in [0.25, 0.3) is 5.91 Å². The molecule has 138 valence electrons. The largest absolute Gasteiger partial charge is 0.496 e. The van der Waals surface area contributed by atoms with Gasteiger partial charge in [-0.3, -0.25) is 4.79 Å². The van der Waals surface area contributed by atoms with E-state index < -0.39 is 0 Å². The van der Waals surface area contributed by atoms with E-state index >= 15 is 0 Å². The average Bonchev–Trinajstić information content (AvgIpc) is 3.20. The molecule has 1 fully saturated rings. The standard InChI is InChI=1S/C21H25NO4/c1-22(14-16-8-3-5-11-19(16)24-2)21(23)18-10-4-6-12-20(18)26-15-17-9-7-13-25-17/h3-6,8,10-12,17H,7,9,13-15H2,1-2H3. The Labute approximate surface area is 154 Å². The van der Waals surface area contributed by atoms with Crippen molar-refractivity contribution >= 4 is 5.91 Å². The number of para-hydroxylation sites is 2. The second-order valence-electron chi connectivity index (χ2n) is 6.42. The van der Waals surface area contributed by atoms with Crippen LogP contribution < -0.4 is 9.47 Å². The molecule has 1 saturated heterocycles. The predicted octanol–water partition coefficient (Wildman–Crippen LogP) is 3.53. The number of benzene rings is 2. The molecule has 1 heterocycles. The lowest BCUT2D eigenvalue weighted by atomic mass is 10.1. The molecule has 0 aliphatic carbocycles. The van der Waals surface area contributed by atoms with Crippen LogP contribution in [0.5, 0.6) is 11.5 Å². The van der Waals surface area contributed by atoms with Crippen LogP contribution in [0.25, 0.3) is 0 Å². The van der Waals surface area contributed by atoms with Gasteiger partial charge in [-0.1, -0.05) is 30.3 Å². The van der Waals surface area contributed by atoms with Crippen molar-refractivity contribution < 1.29 is 19.0 Å². The van der Waals surface area contributed by atoms with Gasteiger partial charge in [0.2, 0.25) is 0 Å². The van der Waals surface area contributed by atoms with E-state index in [0.717, 1.165) is 30.8 Å². The predicted molar refractivity (Wildman–Crippen MR) is 99.7 cm³/mol. The number of ether oxygens (including phenoxy) is 3. The van der Waals surface area contributed by atoms with Gasteiger partial charge in [-0.2, -0.15) is 0 Å². The van der Waals surface area contributed by atoms with Crippen LogP contribution in [0.2, 0.25) is 0 Å². The van der Waals surface area contributed by atoms with Gasteiger partial charge in [-0.15, -0.1) is 0 Å². The molecular formula is C21H25NO4. The molecule has 5 heteroatoms. The van der Waals surface area contributed by atoms with Crippen molar-refractivity contribution in [3.8, 4) is 11.5 Å². The van der Waals surface area contributed by atoms with Crippen LogP contribution in [0.15, 0.2) is 48.5 Å². The molecule has 1 amide bonds. The Morgan fingerprint density at radius 2 is 1.88 bits per heavy atom. The monoisotopic (exact) mass is 355 g/mol. The lowest BCUT2D eigenvalue weighted by molar-refractivity contribution is 0.0656. The number of nitrogens with zero attached hydrogens (tertiary/aromatic N) is 1. The summed E-state index contributed by atoms with van der Waals surface area (Å²) in [6.07, 6.45) is 2.18. The quantitative estimate of drug-likeness (QED) is 0.762. The zero-order valence-corrected chi connectivity index (χ0v) is 15.3. The molecule has 1 atom stereocenters. The zero-order valence-electron chi connectivity index (χ0n) is 15.3. The Morgan fingerprint density at radius 1 is 1.15 bits per heavy atom. The fourth-order valence-corrected chi connectivity index (χ4v) is 3.09. The van der Waals surface area contributed by atoms with Gasteiger partial charge in [0.05, 0.1) is 18.8 Å². The molecule has 0 saturated carbocycles. The minimum absolute atomic E-state index is 0.0844. The Bertz CT molecular complexity index is 740. The van der Waals surface area contributed by atoms with E-state index in [1.807, 2.05) is 42.5 Å². The van der Waals surface area contributed by atoms with Crippen LogP contribution in [0.4, 0.5) is 0 Å². The van der Waals surface area contributed by atoms with Crippen molar-refractivity contribution in [2.75, 3.05) is 27.4 Å². The molecule has 0 N–H and O–H groups in total. The van der Waals surface area contributed by atoms with E-state index in [1.54, 1.807) is 25.1 Å². The topological polar surface area (TPSA) is 48.0 Å². The average molecular weight is 355 g/mol. The van der Waals surface area contributed by atoms with Crippen molar-refractivity contribution in [2.45, 2.75) is 25.5 Å². The van der Waals surface area contributed by atoms with Gasteiger partial charge in [0.1, 0.15) is 18.1 Å². The van der Waals surface area contributed by atoms with Crippen molar-refractivity contribution in [3.05, 3.63) is 59.7 Å². The molecule has 3 rings (SSSR count). The summed E-state index contributed by atoms with van der Waals surface area (Å²) >= 11 is 0. The SMILES string of the molecule is COc1ccccc1CN(C)C(=O)c1ccccc1OCC1CCCO1. The molecule has 1 unspecified atom stereocenters. The van der Waals surface area contributed by atoms with E-state index in [-0.39, 0.29) is 12.0 Å². The molecule has 5 nitrogen and oxygen atoms in total. The van der Waals surface area contributed by atoms with E-state index in [4.69, 9.17) is 14.2 Å². The number of amides is 1. The molecule has 26 heavy (non-hydrogen) atoms. The summed E-state index contributed by atoms with van der Waals surface area (Å²) < 4.78 is 16.9. The summed E-state index contributed by atoms with van der Waals surface area (Å²) in [5.74, 6) is 1.29. The Kier molecular flexibility index (Phi) is 6.12. The lowest BCUT2D eigenvalue weighted by Gasteiger charge is -2.21. The minimum atomic E-state index is -0.0844. The first-order valence-corrected chi connectivity index (χ1v) is 8.90. The number of carbonyl (C=O) groups excluding carboxylic acids is 1. The summed E-state index contributed by atoms with van der Waals surface area (Å²) in [6, 6.07) is 15.1. The third-order valence-corrected chi connectivity index (χ3v) is 4.51. The summed E-state index contributed by atoms with van der Waals surface area (Å²) in [5, 5.41) is 0. The number of hydrogen-bond donors (Lipinski definition) is 0. The Balaban J connectivity index is 1.70. The normalized spacial score (nSPS) is 16.3. The lowest BCUT2D eigenvalue weighted by Crippen LogP contribution is -2.27. The van der Waals surface area contributed by atoms with Crippen molar-refractivity contribution in [2.24, 2.45) is 0 Å². The van der Waals surface area contributed by atoms with Gasteiger partial charge in [-0.05, 0) is 31.0 Å². The van der Waals surface area contributed by atoms with Crippen molar-refractivity contribution in [1.29, 1.82) is 0 Å². The molecular weight excluding hydrogens is 330 g/mol. The number of carbonyl (C=O) groups is 1. The van der Waals surface area contributed by atoms with Gasteiger partial charge >= 0.3 is 0 Å². The summed E-state index contributed by atoms with van der Waals surface area (Å²) in [5.41, 5.74) is 1.52. The second kappa shape index (κ2) is 8.72. The Hall–Kier alpha value is -2.53. The molecule has 0 radical (unpaired) electrons. The second-order valence-corrected chi connectivity index (χ2v) is 6.42. The first kappa shape index (κ1) is 18.3.